The van der Waals surface area contributed by atoms with Crippen molar-refractivity contribution in [2.75, 3.05) is 31.1 Å². The van der Waals surface area contributed by atoms with Crippen LogP contribution >= 0.6 is 0 Å². The molecule has 0 aliphatic carbocycles. The van der Waals surface area contributed by atoms with Crippen LogP contribution in [0.5, 0.6) is 5.75 Å². The van der Waals surface area contributed by atoms with E-state index in [1.54, 1.807) is 21.9 Å². The highest BCUT2D eigenvalue weighted by Crippen LogP contribution is 2.29. The van der Waals surface area contributed by atoms with Gasteiger partial charge in [-0.1, -0.05) is 6.07 Å². The van der Waals surface area contributed by atoms with E-state index in [0.717, 1.165) is 6.07 Å². The fourth-order valence-corrected chi connectivity index (χ4v) is 2.88. The second-order valence-electron chi connectivity index (χ2n) is 5.72. The first-order chi connectivity index (χ1) is 12.0. The maximum absolute atomic E-state index is 13.3. The van der Waals surface area contributed by atoms with E-state index >= 15 is 0 Å². The number of phenols is 1. The maximum Gasteiger partial charge on any atom is 0.295 e. The predicted octanol–water partition coefficient (Wildman–Crippen LogP) is 2.40. The molecule has 130 valence electrons. The van der Waals surface area contributed by atoms with Gasteiger partial charge in [0.25, 0.3) is 11.6 Å². The van der Waals surface area contributed by atoms with Gasteiger partial charge in [0.15, 0.2) is 0 Å². The Kier molecular flexibility index (Phi) is 4.51. The van der Waals surface area contributed by atoms with E-state index in [9.17, 15) is 24.4 Å². The van der Waals surface area contributed by atoms with Crippen molar-refractivity contribution in [3.05, 3.63) is 64.0 Å². The number of phenolic OH excluding ortho intramolecular Hbond substituents is 1. The fourth-order valence-electron chi connectivity index (χ4n) is 2.88. The number of halogens is 1. The summed E-state index contributed by atoms with van der Waals surface area (Å²) < 4.78 is 13.3. The molecule has 3 rings (SSSR count). The minimum absolute atomic E-state index is 0.0198. The van der Waals surface area contributed by atoms with Crippen LogP contribution in [0.1, 0.15) is 10.4 Å². The molecule has 7 nitrogen and oxygen atoms in total. The molecule has 8 heteroatoms. The number of carbonyl (C=O) groups excluding carboxylic acids is 1. The summed E-state index contributed by atoms with van der Waals surface area (Å²) in [4.78, 5) is 26.4. The molecule has 2 aromatic rings. The molecule has 0 spiro atoms. The Morgan fingerprint density at radius 2 is 1.84 bits per heavy atom. The van der Waals surface area contributed by atoms with Gasteiger partial charge in [-0.2, -0.15) is 0 Å². The number of nitrogens with zero attached hydrogens (tertiary/aromatic N) is 3. The van der Waals surface area contributed by atoms with Gasteiger partial charge < -0.3 is 14.9 Å². The molecule has 2 aromatic carbocycles. The molecule has 0 radical (unpaired) electrons. The highest BCUT2D eigenvalue weighted by Gasteiger charge is 2.26. The molecule has 1 heterocycles. The molecule has 1 aliphatic rings. The van der Waals surface area contributed by atoms with E-state index in [-0.39, 0.29) is 17.3 Å². The third kappa shape index (κ3) is 3.52. The van der Waals surface area contributed by atoms with Crippen LogP contribution in [0.3, 0.4) is 0 Å². The largest absolute Gasteiger partial charge is 0.508 e. The van der Waals surface area contributed by atoms with E-state index in [1.165, 1.54) is 24.3 Å². The van der Waals surface area contributed by atoms with Crippen molar-refractivity contribution in [1.82, 2.24) is 4.90 Å². The molecule has 0 bridgehead atoms. The fraction of sp³-hybridized carbons (Fsp3) is 0.235. The number of piperazine rings is 1. The third-order valence-electron chi connectivity index (χ3n) is 4.13. The molecular weight excluding hydrogens is 329 g/mol. The Bertz CT molecular complexity index is 819. The molecule has 0 atom stereocenters. The van der Waals surface area contributed by atoms with Gasteiger partial charge in [-0.25, -0.2) is 4.39 Å². The van der Waals surface area contributed by atoms with Gasteiger partial charge >= 0.3 is 0 Å². The highest BCUT2D eigenvalue weighted by atomic mass is 19.1. The highest BCUT2D eigenvalue weighted by molar-refractivity contribution is 5.94. The number of nitro groups is 1. The van der Waals surface area contributed by atoms with Crippen molar-refractivity contribution in [1.29, 1.82) is 0 Å². The van der Waals surface area contributed by atoms with Gasteiger partial charge in [0, 0.05) is 31.7 Å². The van der Waals surface area contributed by atoms with Gasteiger partial charge in [0.2, 0.25) is 0 Å². The van der Waals surface area contributed by atoms with E-state index < -0.39 is 10.7 Å². The van der Waals surface area contributed by atoms with Crippen molar-refractivity contribution in [3.8, 4) is 5.75 Å². The zero-order chi connectivity index (χ0) is 18.0. The van der Waals surface area contributed by atoms with Crippen LogP contribution in [0.25, 0.3) is 0 Å². The van der Waals surface area contributed by atoms with Crippen molar-refractivity contribution in [2.45, 2.75) is 0 Å². The van der Waals surface area contributed by atoms with Gasteiger partial charge in [-0.05, 0) is 30.3 Å². The van der Waals surface area contributed by atoms with Gasteiger partial charge in [-0.3, -0.25) is 14.9 Å². The Morgan fingerprint density at radius 1 is 1.12 bits per heavy atom. The lowest BCUT2D eigenvalue weighted by molar-refractivity contribution is -0.384. The lowest BCUT2D eigenvalue weighted by atomic mass is 10.1. The second-order valence-corrected chi connectivity index (χ2v) is 5.72. The molecule has 1 fully saturated rings. The van der Waals surface area contributed by atoms with Crippen molar-refractivity contribution >= 4 is 17.3 Å². The van der Waals surface area contributed by atoms with Crippen molar-refractivity contribution in [3.63, 3.8) is 0 Å². The summed E-state index contributed by atoms with van der Waals surface area (Å²) in [6.07, 6.45) is 0. The molecule has 0 saturated carbocycles. The number of hydrogen-bond acceptors (Lipinski definition) is 5. The molecular formula is C17H16FN3O4. The average Bonchev–Trinajstić information content (AvgIpc) is 2.61. The Morgan fingerprint density at radius 3 is 2.48 bits per heavy atom. The summed E-state index contributed by atoms with van der Waals surface area (Å²) in [6, 6.07) is 9.59. The number of nitro benzene ring substituents is 1. The lowest BCUT2D eigenvalue weighted by Crippen LogP contribution is -2.49. The molecule has 1 N–H and O–H groups in total. The number of carbonyl (C=O) groups is 1. The minimum atomic E-state index is -0.659. The molecule has 1 aliphatic heterocycles. The standard InChI is InChI=1S/C17H16FN3O4/c18-13-4-5-15(16(11-13)21(24)25)19-6-8-20(9-7-19)17(23)12-2-1-3-14(22)10-12/h1-5,10-11,22H,6-9H2. The Labute approximate surface area is 143 Å². The predicted molar refractivity (Wildman–Crippen MR) is 89.3 cm³/mol. The zero-order valence-corrected chi connectivity index (χ0v) is 13.3. The summed E-state index contributed by atoms with van der Waals surface area (Å²) in [7, 11) is 0. The number of benzene rings is 2. The molecule has 1 saturated heterocycles. The SMILES string of the molecule is O=C(c1cccc(O)c1)N1CCN(c2ccc(F)cc2[N+](=O)[O-])CC1. The maximum atomic E-state index is 13.3. The summed E-state index contributed by atoms with van der Waals surface area (Å²) in [5, 5.41) is 20.6. The topological polar surface area (TPSA) is 86.9 Å². The number of hydrogen-bond donors (Lipinski definition) is 1. The summed E-state index contributed by atoms with van der Waals surface area (Å²) in [6.45, 7) is 1.56. The average molecular weight is 345 g/mol. The van der Waals surface area contributed by atoms with E-state index in [1.807, 2.05) is 0 Å². The van der Waals surface area contributed by atoms with Crippen LogP contribution < -0.4 is 4.90 Å². The molecule has 0 aromatic heterocycles. The van der Waals surface area contributed by atoms with Crippen LogP contribution in [0.4, 0.5) is 15.8 Å². The smallest absolute Gasteiger partial charge is 0.295 e. The minimum Gasteiger partial charge on any atom is -0.508 e. The van der Waals surface area contributed by atoms with Gasteiger partial charge in [-0.15, -0.1) is 0 Å². The first-order valence-electron chi connectivity index (χ1n) is 7.73. The zero-order valence-electron chi connectivity index (χ0n) is 13.3. The molecule has 0 unspecified atom stereocenters. The van der Waals surface area contributed by atoms with Crippen LogP contribution in [0, 0.1) is 15.9 Å². The monoisotopic (exact) mass is 345 g/mol. The van der Waals surface area contributed by atoms with Crippen LogP contribution in [0.2, 0.25) is 0 Å². The third-order valence-corrected chi connectivity index (χ3v) is 4.13. The number of rotatable bonds is 3. The van der Waals surface area contributed by atoms with Gasteiger partial charge in [0.05, 0.1) is 11.0 Å². The van der Waals surface area contributed by atoms with E-state index in [2.05, 4.69) is 0 Å². The van der Waals surface area contributed by atoms with E-state index in [0.29, 0.717) is 37.4 Å². The molecule has 25 heavy (non-hydrogen) atoms. The van der Waals surface area contributed by atoms with Crippen LogP contribution in [0.15, 0.2) is 42.5 Å². The first-order valence-corrected chi connectivity index (χ1v) is 7.73. The Hall–Kier alpha value is -3.16. The number of aromatic hydroxyl groups is 1. The van der Waals surface area contributed by atoms with E-state index in [4.69, 9.17) is 0 Å². The Balaban J connectivity index is 1.72. The van der Waals surface area contributed by atoms with Gasteiger partial charge in [0.1, 0.15) is 17.3 Å². The summed E-state index contributed by atoms with van der Waals surface area (Å²) >= 11 is 0. The molecule has 1 amide bonds. The summed E-state index contributed by atoms with van der Waals surface area (Å²) in [5.41, 5.74) is 0.449. The van der Waals surface area contributed by atoms with Crippen molar-refractivity contribution < 1.29 is 19.2 Å². The normalized spacial score (nSPS) is 14.4. The van der Waals surface area contributed by atoms with Crippen LogP contribution in [-0.2, 0) is 0 Å². The number of anilines is 1. The number of amides is 1. The lowest BCUT2D eigenvalue weighted by Gasteiger charge is -2.35. The quantitative estimate of drug-likeness (QED) is 0.682. The second kappa shape index (κ2) is 6.76. The summed E-state index contributed by atoms with van der Waals surface area (Å²) in [5.74, 6) is -0.844. The van der Waals surface area contributed by atoms with Crippen LogP contribution in [-0.4, -0.2) is 47.0 Å². The first kappa shape index (κ1) is 16.7. The van der Waals surface area contributed by atoms with Crippen molar-refractivity contribution in [2.24, 2.45) is 0 Å².